The fourth-order valence-corrected chi connectivity index (χ4v) is 4.35. The van der Waals surface area contributed by atoms with Gasteiger partial charge in [-0.3, -0.25) is 4.79 Å². The Morgan fingerprint density at radius 2 is 1.85 bits per heavy atom. The molecule has 1 aliphatic carbocycles. The van der Waals surface area contributed by atoms with Gasteiger partial charge >= 0.3 is 0 Å². The maximum absolute atomic E-state index is 13.0. The van der Waals surface area contributed by atoms with Gasteiger partial charge in [-0.25, -0.2) is 0 Å². The standard InChI is InChI=1S/C23H31NO3/c1-16-23(27-3)22(25)20-18(14-15-19(26-2)21(20)24-16)13-9-5-8-12-17-10-6-4-7-11-17/h4,6-7,10-11,18-19H,5,8-9,12-15H2,1-3H3,(H,24,25)/t18-,19?/m0/s1. The Labute approximate surface area is 161 Å². The summed E-state index contributed by atoms with van der Waals surface area (Å²) in [6, 6.07) is 10.6. The monoisotopic (exact) mass is 369 g/mol. The fourth-order valence-electron chi connectivity index (χ4n) is 4.35. The molecule has 4 heteroatoms. The first kappa shape index (κ1) is 19.7. The van der Waals surface area contributed by atoms with E-state index in [1.54, 1.807) is 14.2 Å². The fraction of sp³-hybridized carbons (Fsp3) is 0.522. The Morgan fingerprint density at radius 1 is 1.07 bits per heavy atom. The van der Waals surface area contributed by atoms with Gasteiger partial charge in [0.15, 0.2) is 5.75 Å². The van der Waals surface area contributed by atoms with Crippen LogP contribution in [-0.2, 0) is 11.2 Å². The number of pyridine rings is 1. The van der Waals surface area contributed by atoms with E-state index in [1.165, 1.54) is 18.4 Å². The van der Waals surface area contributed by atoms with Gasteiger partial charge in [-0.2, -0.15) is 0 Å². The number of aryl methyl sites for hydroxylation is 2. The lowest BCUT2D eigenvalue weighted by molar-refractivity contribution is 0.0791. The molecule has 2 aromatic rings. The summed E-state index contributed by atoms with van der Waals surface area (Å²) in [5, 5.41) is 0. The van der Waals surface area contributed by atoms with Gasteiger partial charge in [0.1, 0.15) is 0 Å². The summed E-state index contributed by atoms with van der Waals surface area (Å²) >= 11 is 0. The maximum atomic E-state index is 13.0. The van der Waals surface area contributed by atoms with Crippen molar-refractivity contribution in [1.29, 1.82) is 0 Å². The summed E-state index contributed by atoms with van der Waals surface area (Å²) in [6.07, 6.45) is 7.64. The molecule has 146 valence electrons. The third kappa shape index (κ3) is 4.44. The lowest BCUT2D eigenvalue weighted by Crippen LogP contribution is -2.27. The number of nitrogens with one attached hydrogen (secondary N) is 1. The van der Waals surface area contributed by atoms with Crippen LogP contribution in [-0.4, -0.2) is 19.2 Å². The van der Waals surface area contributed by atoms with Gasteiger partial charge in [0.2, 0.25) is 5.43 Å². The van der Waals surface area contributed by atoms with Crippen molar-refractivity contribution >= 4 is 0 Å². The summed E-state index contributed by atoms with van der Waals surface area (Å²) in [5.74, 6) is 0.737. The van der Waals surface area contributed by atoms with Crippen LogP contribution < -0.4 is 10.2 Å². The molecule has 0 radical (unpaired) electrons. The van der Waals surface area contributed by atoms with Crippen LogP contribution in [0.5, 0.6) is 5.75 Å². The number of aromatic amines is 1. The minimum Gasteiger partial charge on any atom is -0.491 e. The highest BCUT2D eigenvalue weighted by Crippen LogP contribution is 2.40. The van der Waals surface area contributed by atoms with Crippen LogP contribution in [0.25, 0.3) is 0 Å². The first-order valence-electron chi connectivity index (χ1n) is 10.0. The van der Waals surface area contributed by atoms with E-state index in [9.17, 15) is 4.79 Å². The largest absolute Gasteiger partial charge is 0.491 e. The van der Waals surface area contributed by atoms with Crippen molar-refractivity contribution in [3.05, 3.63) is 63.1 Å². The number of ether oxygens (including phenoxy) is 2. The van der Waals surface area contributed by atoms with E-state index in [-0.39, 0.29) is 11.5 Å². The molecule has 0 fully saturated rings. The zero-order chi connectivity index (χ0) is 19.2. The summed E-state index contributed by atoms with van der Waals surface area (Å²) < 4.78 is 11.0. The zero-order valence-electron chi connectivity index (χ0n) is 16.7. The van der Waals surface area contributed by atoms with E-state index >= 15 is 0 Å². The number of hydrogen-bond acceptors (Lipinski definition) is 3. The van der Waals surface area contributed by atoms with Gasteiger partial charge < -0.3 is 14.5 Å². The minimum absolute atomic E-state index is 0.0216. The van der Waals surface area contributed by atoms with E-state index in [4.69, 9.17) is 9.47 Å². The lowest BCUT2D eigenvalue weighted by atomic mass is 9.80. The maximum Gasteiger partial charge on any atom is 0.227 e. The number of unbranched alkanes of at least 4 members (excludes halogenated alkanes) is 2. The van der Waals surface area contributed by atoms with Gasteiger partial charge in [0, 0.05) is 12.7 Å². The predicted octanol–water partition coefficient (Wildman–Crippen LogP) is 5.06. The molecule has 1 N–H and O–H groups in total. The Balaban J connectivity index is 1.66. The first-order chi connectivity index (χ1) is 13.2. The van der Waals surface area contributed by atoms with E-state index in [0.717, 1.165) is 49.1 Å². The van der Waals surface area contributed by atoms with Gasteiger partial charge in [0.05, 0.1) is 24.6 Å². The molecule has 1 unspecified atom stereocenters. The second-order valence-corrected chi connectivity index (χ2v) is 7.52. The summed E-state index contributed by atoms with van der Waals surface area (Å²) in [5.41, 5.74) is 4.08. The molecule has 2 atom stereocenters. The van der Waals surface area contributed by atoms with E-state index in [2.05, 4.69) is 35.3 Å². The van der Waals surface area contributed by atoms with Crippen molar-refractivity contribution in [1.82, 2.24) is 4.98 Å². The van der Waals surface area contributed by atoms with Gasteiger partial charge in [-0.05, 0) is 50.5 Å². The number of benzene rings is 1. The van der Waals surface area contributed by atoms with Crippen LogP contribution in [0.2, 0.25) is 0 Å². The molecule has 0 bridgehead atoms. The highest BCUT2D eigenvalue weighted by molar-refractivity contribution is 5.39. The van der Waals surface area contributed by atoms with Crippen molar-refractivity contribution in [2.45, 2.75) is 63.9 Å². The summed E-state index contributed by atoms with van der Waals surface area (Å²) in [4.78, 5) is 16.4. The number of rotatable bonds is 8. The Morgan fingerprint density at radius 3 is 2.56 bits per heavy atom. The average Bonchev–Trinajstić information content (AvgIpc) is 2.68. The van der Waals surface area contributed by atoms with Gasteiger partial charge in [-0.15, -0.1) is 0 Å². The quantitative estimate of drug-likeness (QED) is 0.662. The van der Waals surface area contributed by atoms with Crippen LogP contribution >= 0.6 is 0 Å². The van der Waals surface area contributed by atoms with E-state index in [0.29, 0.717) is 11.7 Å². The number of methoxy groups -OCH3 is 2. The Hall–Kier alpha value is -2.07. The molecule has 1 aliphatic rings. The third-order valence-corrected chi connectivity index (χ3v) is 5.76. The van der Waals surface area contributed by atoms with Gasteiger partial charge in [-0.1, -0.05) is 43.2 Å². The minimum atomic E-state index is -0.0216. The van der Waals surface area contributed by atoms with Crippen molar-refractivity contribution in [3.8, 4) is 5.75 Å². The molecule has 0 aliphatic heterocycles. The van der Waals surface area contributed by atoms with Crippen LogP contribution in [0.4, 0.5) is 0 Å². The molecule has 0 spiro atoms. The van der Waals surface area contributed by atoms with Crippen LogP contribution in [0.3, 0.4) is 0 Å². The molecule has 3 rings (SSSR count). The number of hydrogen-bond donors (Lipinski definition) is 1. The Bertz CT molecular complexity index is 797. The smallest absolute Gasteiger partial charge is 0.227 e. The Kier molecular flexibility index (Phi) is 6.73. The SMILES string of the molecule is COc1c(C)[nH]c2c(c1=O)[C@@H](CCCCCc1ccccc1)CCC2OC. The van der Waals surface area contributed by atoms with Crippen molar-refractivity contribution in [2.75, 3.05) is 14.2 Å². The van der Waals surface area contributed by atoms with Crippen molar-refractivity contribution in [3.63, 3.8) is 0 Å². The molecule has 1 heterocycles. The highest BCUT2D eigenvalue weighted by atomic mass is 16.5. The lowest BCUT2D eigenvalue weighted by Gasteiger charge is -2.31. The van der Waals surface area contributed by atoms with Crippen LogP contribution in [0, 0.1) is 6.92 Å². The molecule has 1 aromatic carbocycles. The molecular formula is C23H31NO3. The molecule has 27 heavy (non-hydrogen) atoms. The second kappa shape index (κ2) is 9.23. The molecule has 0 saturated heterocycles. The highest BCUT2D eigenvalue weighted by Gasteiger charge is 2.31. The van der Waals surface area contributed by atoms with Crippen molar-refractivity contribution < 1.29 is 9.47 Å². The second-order valence-electron chi connectivity index (χ2n) is 7.52. The van der Waals surface area contributed by atoms with Crippen LogP contribution in [0.1, 0.15) is 73.1 Å². The molecule has 0 amide bonds. The predicted molar refractivity (Wildman–Crippen MR) is 109 cm³/mol. The normalized spacial score (nSPS) is 18.9. The number of aromatic nitrogens is 1. The zero-order valence-corrected chi connectivity index (χ0v) is 16.7. The van der Waals surface area contributed by atoms with E-state index in [1.807, 2.05) is 6.92 Å². The molecule has 4 nitrogen and oxygen atoms in total. The summed E-state index contributed by atoms with van der Waals surface area (Å²) in [7, 11) is 3.29. The molecular weight excluding hydrogens is 338 g/mol. The third-order valence-electron chi connectivity index (χ3n) is 5.76. The summed E-state index contributed by atoms with van der Waals surface area (Å²) in [6.45, 7) is 1.89. The van der Waals surface area contributed by atoms with Gasteiger partial charge in [0.25, 0.3) is 0 Å². The van der Waals surface area contributed by atoms with Crippen LogP contribution in [0.15, 0.2) is 35.1 Å². The van der Waals surface area contributed by atoms with E-state index < -0.39 is 0 Å². The molecule has 1 aromatic heterocycles. The molecule has 0 saturated carbocycles. The topological polar surface area (TPSA) is 51.3 Å². The number of fused-ring (bicyclic) bond motifs is 1. The first-order valence-corrected chi connectivity index (χ1v) is 10.0. The average molecular weight is 370 g/mol. The number of H-pyrrole nitrogens is 1. The van der Waals surface area contributed by atoms with Crippen molar-refractivity contribution in [2.24, 2.45) is 0 Å².